The molecule has 5 nitrogen and oxygen atoms in total. The molecule has 2 heterocycles. The average Bonchev–Trinajstić information content (AvgIpc) is 2.86. The van der Waals surface area contributed by atoms with Gasteiger partial charge in [0, 0.05) is 10.4 Å². The third-order valence-electron chi connectivity index (χ3n) is 4.20. The summed E-state index contributed by atoms with van der Waals surface area (Å²) < 4.78 is 0. The van der Waals surface area contributed by atoms with E-state index in [1.54, 1.807) is 6.92 Å². The molecule has 2 aromatic heterocycles. The number of thioether (sulfide) groups is 1. The Morgan fingerprint density at radius 2 is 2.00 bits per heavy atom. The Kier molecular flexibility index (Phi) is 4.71. The van der Waals surface area contributed by atoms with Crippen LogP contribution >= 0.6 is 23.1 Å². The van der Waals surface area contributed by atoms with Crippen LogP contribution in [0.15, 0.2) is 28.2 Å². The van der Waals surface area contributed by atoms with Gasteiger partial charge < -0.3 is 10.7 Å². The van der Waals surface area contributed by atoms with Gasteiger partial charge in [-0.3, -0.25) is 9.59 Å². The zero-order chi connectivity index (χ0) is 18.3. The van der Waals surface area contributed by atoms with Crippen molar-refractivity contribution in [3.8, 4) is 11.1 Å². The summed E-state index contributed by atoms with van der Waals surface area (Å²) in [5, 5.41) is 0.555. The van der Waals surface area contributed by atoms with Crippen molar-refractivity contribution in [3.05, 3.63) is 44.6 Å². The van der Waals surface area contributed by atoms with E-state index < -0.39 is 11.2 Å². The number of nitrogens with two attached hydrogens (primary N) is 1. The van der Waals surface area contributed by atoms with Gasteiger partial charge in [-0.25, -0.2) is 4.98 Å². The molecule has 0 aliphatic carbocycles. The Bertz CT molecular complexity index is 1040. The molecule has 1 amide bonds. The molecule has 3 rings (SSSR count). The number of amides is 1. The molecule has 3 aromatic rings. The Labute approximate surface area is 153 Å². The molecule has 0 aliphatic rings. The molecule has 0 radical (unpaired) electrons. The van der Waals surface area contributed by atoms with Crippen LogP contribution in [0.3, 0.4) is 0 Å². The van der Waals surface area contributed by atoms with E-state index in [0.717, 1.165) is 27.8 Å². The molecule has 3 N–H and O–H groups in total. The van der Waals surface area contributed by atoms with Gasteiger partial charge in [-0.05, 0) is 44.4 Å². The number of rotatable bonds is 4. The van der Waals surface area contributed by atoms with Crippen LogP contribution < -0.4 is 11.3 Å². The van der Waals surface area contributed by atoms with Crippen LogP contribution in [-0.4, -0.2) is 21.1 Å². The molecule has 0 aliphatic heterocycles. The zero-order valence-electron chi connectivity index (χ0n) is 14.5. The third kappa shape index (κ3) is 3.34. The summed E-state index contributed by atoms with van der Waals surface area (Å²) in [6.45, 7) is 7.81. The number of aromatic nitrogens is 2. The normalized spacial score (nSPS) is 12.5. The van der Waals surface area contributed by atoms with E-state index in [4.69, 9.17) is 5.73 Å². The standard InChI is InChI=1S/C18H19N3O2S2/c1-8-5-6-12(7-9(8)2)13-10(3)24-17-14(13)16(23)20-18(21-17)25-11(4)15(19)22/h5-7,11H,1-4H3,(H2,19,22)(H,20,21,23). The number of aromatic amines is 1. The quantitative estimate of drug-likeness (QED) is 0.541. The van der Waals surface area contributed by atoms with Gasteiger partial charge in [0.05, 0.1) is 10.6 Å². The number of hydrogen-bond acceptors (Lipinski definition) is 5. The second-order valence-corrected chi connectivity index (χ2v) is 8.58. The van der Waals surface area contributed by atoms with Crippen LogP contribution in [0.1, 0.15) is 22.9 Å². The molecule has 0 saturated heterocycles. The van der Waals surface area contributed by atoms with Crippen molar-refractivity contribution in [2.24, 2.45) is 5.73 Å². The maximum atomic E-state index is 12.7. The summed E-state index contributed by atoms with van der Waals surface area (Å²) in [6, 6.07) is 6.20. The minimum absolute atomic E-state index is 0.193. The highest BCUT2D eigenvalue weighted by atomic mass is 32.2. The van der Waals surface area contributed by atoms with E-state index in [2.05, 4.69) is 35.9 Å². The SMILES string of the molecule is Cc1ccc(-c2c(C)sc3nc(SC(C)C(N)=O)[nH]c(=O)c23)cc1C. The van der Waals surface area contributed by atoms with Crippen molar-refractivity contribution in [2.45, 2.75) is 38.1 Å². The maximum Gasteiger partial charge on any atom is 0.260 e. The van der Waals surface area contributed by atoms with E-state index in [1.165, 1.54) is 22.5 Å². The highest BCUT2D eigenvalue weighted by Gasteiger charge is 2.19. The molecule has 0 fully saturated rings. The smallest absolute Gasteiger partial charge is 0.260 e. The fraction of sp³-hybridized carbons (Fsp3) is 0.278. The first-order valence-electron chi connectivity index (χ1n) is 7.85. The number of thiophene rings is 1. The summed E-state index contributed by atoms with van der Waals surface area (Å²) in [5.41, 5.74) is 9.44. The van der Waals surface area contributed by atoms with Crippen molar-refractivity contribution in [1.82, 2.24) is 9.97 Å². The van der Waals surface area contributed by atoms with E-state index in [-0.39, 0.29) is 5.56 Å². The molecule has 0 saturated carbocycles. The summed E-state index contributed by atoms with van der Waals surface area (Å²) in [7, 11) is 0. The van der Waals surface area contributed by atoms with Gasteiger partial charge in [-0.1, -0.05) is 30.0 Å². The highest BCUT2D eigenvalue weighted by molar-refractivity contribution is 8.00. The molecule has 1 aromatic carbocycles. The molecule has 0 spiro atoms. The third-order valence-corrected chi connectivity index (χ3v) is 6.20. The number of nitrogens with zero attached hydrogens (tertiary/aromatic N) is 1. The topological polar surface area (TPSA) is 88.8 Å². The number of aryl methyl sites for hydroxylation is 3. The number of nitrogens with one attached hydrogen (secondary N) is 1. The van der Waals surface area contributed by atoms with Crippen molar-refractivity contribution < 1.29 is 4.79 Å². The van der Waals surface area contributed by atoms with Crippen LogP contribution in [0.4, 0.5) is 0 Å². The van der Waals surface area contributed by atoms with Gasteiger partial charge in [0.15, 0.2) is 5.16 Å². The van der Waals surface area contributed by atoms with Crippen LogP contribution in [0.5, 0.6) is 0 Å². The number of primary amides is 1. The Balaban J connectivity index is 2.16. The predicted octanol–water partition coefficient (Wildman–Crippen LogP) is 3.54. The zero-order valence-corrected chi connectivity index (χ0v) is 16.1. The van der Waals surface area contributed by atoms with Crippen LogP contribution in [0, 0.1) is 20.8 Å². The van der Waals surface area contributed by atoms with Crippen LogP contribution in [-0.2, 0) is 4.79 Å². The molecule has 1 unspecified atom stereocenters. The highest BCUT2D eigenvalue weighted by Crippen LogP contribution is 2.36. The fourth-order valence-electron chi connectivity index (χ4n) is 2.63. The molecule has 130 valence electrons. The lowest BCUT2D eigenvalue weighted by molar-refractivity contribution is -0.117. The lowest BCUT2D eigenvalue weighted by Gasteiger charge is -2.07. The maximum absolute atomic E-state index is 12.7. The first kappa shape index (κ1) is 17.7. The van der Waals surface area contributed by atoms with Crippen molar-refractivity contribution in [2.75, 3.05) is 0 Å². The van der Waals surface area contributed by atoms with E-state index in [9.17, 15) is 9.59 Å². The number of carbonyl (C=O) groups excluding carboxylic acids is 1. The van der Waals surface area contributed by atoms with E-state index in [0.29, 0.717) is 15.4 Å². The lowest BCUT2D eigenvalue weighted by atomic mass is 9.99. The molecular formula is C18H19N3O2S2. The Morgan fingerprint density at radius 3 is 2.64 bits per heavy atom. The Hall–Kier alpha value is -2.12. The molecule has 0 bridgehead atoms. The van der Waals surface area contributed by atoms with Crippen molar-refractivity contribution >= 4 is 39.2 Å². The van der Waals surface area contributed by atoms with Gasteiger partial charge >= 0.3 is 0 Å². The van der Waals surface area contributed by atoms with Crippen molar-refractivity contribution in [3.63, 3.8) is 0 Å². The number of carbonyl (C=O) groups is 1. The van der Waals surface area contributed by atoms with E-state index in [1.807, 2.05) is 13.0 Å². The summed E-state index contributed by atoms with van der Waals surface area (Å²) in [4.78, 5) is 33.0. The summed E-state index contributed by atoms with van der Waals surface area (Å²) in [6.07, 6.45) is 0. The number of benzene rings is 1. The lowest BCUT2D eigenvalue weighted by Crippen LogP contribution is -2.23. The average molecular weight is 374 g/mol. The predicted molar refractivity (Wildman–Crippen MR) is 104 cm³/mol. The Morgan fingerprint density at radius 1 is 1.28 bits per heavy atom. The minimum atomic E-state index is -0.458. The van der Waals surface area contributed by atoms with Gasteiger partial charge in [0.1, 0.15) is 4.83 Å². The number of H-pyrrole nitrogens is 1. The van der Waals surface area contributed by atoms with Crippen LogP contribution in [0.25, 0.3) is 21.3 Å². The molecule has 1 atom stereocenters. The van der Waals surface area contributed by atoms with E-state index >= 15 is 0 Å². The second-order valence-electron chi connectivity index (χ2n) is 6.05. The fourth-order valence-corrected chi connectivity index (χ4v) is 4.48. The summed E-state index contributed by atoms with van der Waals surface area (Å²) in [5.74, 6) is -0.439. The minimum Gasteiger partial charge on any atom is -0.369 e. The van der Waals surface area contributed by atoms with Gasteiger partial charge in [0.2, 0.25) is 5.91 Å². The first-order valence-corrected chi connectivity index (χ1v) is 9.54. The van der Waals surface area contributed by atoms with Crippen LogP contribution in [0.2, 0.25) is 0 Å². The molecule has 7 heteroatoms. The second kappa shape index (κ2) is 6.65. The van der Waals surface area contributed by atoms with Gasteiger partial charge in [-0.15, -0.1) is 11.3 Å². The first-order chi connectivity index (χ1) is 11.8. The largest absolute Gasteiger partial charge is 0.369 e. The monoisotopic (exact) mass is 373 g/mol. The molecule has 25 heavy (non-hydrogen) atoms. The summed E-state index contributed by atoms with van der Waals surface area (Å²) >= 11 is 2.65. The number of fused-ring (bicyclic) bond motifs is 1. The molecular weight excluding hydrogens is 354 g/mol. The number of hydrogen-bond donors (Lipinski definition) is 2. The van der Waals surface area contributed by atoms with Gasteiger partial charge in [0.25, 0.3) is 5.56 Å². The van der Waals surface area contributed by atoms with Gasteiger partial charge in [-0.2, -0.15) is 0 Å². The van der Waals surface area contributed by atoms with Crippen molar-refractivity contribution in [1.29, 1.82) is 0 Å².